The maximum atomic E-state index is 12.1. The van der Waals surface area contributed by atoms with Gasteiger partial charge in [0, 0.05) is 0 Å². The normalized spacial score (nSPS) is 13.5. The molecule has 0 spiro atoms. The summed E-state index contributed by atoms with van der Waals surface area (Å²) in [6.45, 7) is 25.9. The minimum atomic E-state index is -2.91. The molecular weight excluding hydrogens is 665 g/mol. The van der Waals surface area contributed by atoms with Crippen LogP contribution in [-0.2, 0) is 0 Å². The van der Waals surface area contributed by atoms with Crippen molar-refractivity contribution in [2.24, 2.45) is 0 Å². The Morgan fingerprint density at radius 3 is 0.673 bits per heavy atom. The van der Waals surface area contributed by atoms with Crippen LogP contribution in [0.2, 0.25) is 33.2 Å². The fraction of sp³-hybridized carbons (Fsp3) is 0.429. The van der Waals surface area contributed by atoms with E-state index >= 15 is 0 Å². The summed E-state index contributed by atoms with van der Waals surface area (Å²) in [5.74, 6) is 0. The first-order valence-electron chi connectivity index (χ1n) is 18.5. The van der Waals surface area contributed by atoms with E-state index in [-0.39, 0.29) is 33.2 Å². The van der Waals surface area contributed by atoms with E-state index in [1.165, 1.54) is 20.7 Å². The molecule has 0 heterocycles. The molecule has 0 saturated carbocycles. The Bertz CT molecular complexity index is 1450. The number of rotatable bonds is 13. The van der Waals surface area contributed by atoms with Crippen LogP contribution in [0.1, 0.15) is 83.1 Å². The number of hydrogen-bond donors (Lipinski definition) is 3. The van der Waals surface area contributed by atoms with Crippen LogP contribution in [0, 0.1) is 0 Å². The zero-order valence-corrected chi connectivity index (χ0v) is 36.1. The molecule has 0 aliphatic carbocycles. The van der Waals surface area contributed by atoms with Crippen LogP contribution in [0.4, 0.5) is 0 Å². The summed E-state index contributed by atoms with van der Waals surface area (Å²) >= 11 is 0. The first-order valence-corrected chi connectivity index (χ1v) is 26.8. The highest BCUT2D eigenvalue weighted by Crippen LogP contribution is 2.31. The SMILES string of the molecule is CC(C)[Si](O)(c1ccc([Si](c2ccccc2)(c2ccc([Si](O)(C(C)C)C(C)C)cc2)c2ccc([Si](O)(C(C)C)C(C)C)cc2)cc1)C(C)C. The molecule has 0 amide bonds. The molecule has 264 valence electrons. The van der Waals surface area contributed by atoms with Gasteiger partial charge in [-0.2, -0.15) is 0 Å². The highest BCUT2D eigenvalue weighted by Gasteiger charge is 2.46. The maximum Gasteiger partial charge on any atom is 0.225 e. The van der Waals surface area contributed by atoms with E-state index in [4.69, 9.17) is 0 Å². The lowest BCUT2D eigenvalue weighted by Crippen LogP contribution is -2.75. The molecular formula is C42H62O3Si4. The Morgan fingerprint density at radius 1 is 0.286 bits per heavy atom. The lowest BCUT2D eigenvalue weighted by molar-refractivity contribution is 0.512. The fourth-order valence-corrected chi connectivity index (χ4v) is 23.4. The second-order valence-electron chi connectivity index (χ2n) is 16.3. The van der Waals surface area contributed by atoms with Gasteiger partial charge in [0.1, 0.15) is 0 Å². The molecule has 0 fully saturated rings. The first-order chi connectivity index (χ1) is 22.9. The number of hydrogen-bond acceptors (Lipinski definition) is 3. The summed E-state index contributed by atoms with van der Waals surface area (Å²) in [7, 11) is -11.1. The van der Waals surface area contributed by atoms with Gasteiger partial charge in [0.05, 0.1) is 0 Å². The van der Waals surface area contributed by atoms with E-state index in [1.54, 1.807) is 0 Å². The van der Waals surface area contributed by atoms with Crippen molar-refractivity contribution in [2.45, 2.75) is 116 Å². The van der Waals surface area contributed by atoms with Crippen LogP contribution in [0.5, 0.6) is 0 Å². The van der Waals surface area contributed by atoms with E-state index in [9.17, 15) is 14.4 Å². The first kappa shape index (κ1) is 39.4. The Kier molecular flexibility index (Phi) is 12.1. The lowest BCUT2D eigenvalue weighted by atomic mass is 10.3. The summed E-state index contributed by atoms with van der Waals surface area (Å²) in [5.41, 5.74) is 1.19. The van der Waals surface area contributed by atoms with Gasteiger partial charge in [0.15, 0.2) is 8.07 Å². The summed E-state index contributed by atoms with van der Waals surface area (Å²) < 4.78 is 0. The molecule has 4 aromatic rings. The minimum absolute atomic E-state index is 0.198. The van der Waals surface area contributed by atoms with Crippen molar-refractivity contribution in [3.63, 3.8) is 0 Å². The molecule has 0 bridgehead atoms. The van der Waals surface area contributed by atoms with Crippen LogP contribution in [-0.4, -0.2) is 47.4 Å². The van der Waals surface area contributed by atoms with Gasteiger partial charge in [0.25, 0.3) is 0 Å². The zero-order valence-electron chi connectivity index (χ0n) is 32.1. The Labute approximate surface area is 301 Å². The van der Waals surface area contributed by atoms with Crippen molar-refractivity contribution < 1.29 is 14.4 Å². The molecule has 3 N–H and O–H groups in total. The summed E-state index contributed by atoms with van der Waals surface area (Å²) in [4.78, 5) is 36.3. The monoisotopic (exact) mass is 726 g/mol. The van der Waals surface area contributed by atoms with Gasteiger partial charge in [-0.1, -0.05) is 186 Å². The average Bonchev–Trinajstić information content (AvgIpc) is 3.08. The average molecular weight is 727 g/mol. The molecule has 3 nitrogen and oxygen atoms in total. The molecule has 4 rings (SSSR count). The van der Waals surface area contributed by atoms with Crippen molar-refractivity contribution in [1.82, 2.24) is 0 Å². The molecule has 0 aliphatic heterocycles. The minimum Gasteiger partial charge on any atom is -0.427 e. The van der Waals surface area contributed by atoms with Gasteiger partial charge in [-0.15, -0.1) is 0 Å². The molecule has 0 aliphatic rings. The van der Waals surface area contributed by atoms with E-state index in [0.29, 0.717) is 0 Å². The van der Waals surface area contributed by atoms with Gasteiger partial charge in [-0.05, 0) is 69.6 Å². The number of benzene rings is 4. The van der Waals surface area contributed by atoms with Crippen molar-refractivity contribution in [3.8, 4) is 0 Å². The van der Waals surface area contributed by atoms with Gasteiger partial charge < -0.3 is 14.4 Å². The van der Waals surface area contributed by atoms with Crippen LogP contribution >= 0.6 is 0 Å². The summed E-state index contributed by atoms with van der Waals surface area (Å²) in [6.07, 6.45) is 0. The van der Waals surface area contributed by atoms with Gasteiger partial charge in [0.2, 0.25) is 25.0 Å². The predicted octanol–water partition coefficient (Wildman–Crippen LogP) is 5.96. The van der Waals surface area contributed by atoms with E-state index < -0.39 is 33.0 Å². The Hall–Kier alpha value is -2.37. The summed E-state index contributed by atoms with van der Waals surface area (Å²) in [5, 5.41) is 8.30. The van der Waals surface area contributed by atoms with Gasteiger partial charge >= 0.3 is 0 Å². The molecule has 0 saturated heterocycles. The third-order valence-electron chi connectivity index (χ3n) is 11.8. The fourth-order valence-electron chi connectivity index (χ4n) is 8.65. The van der Waals surface area contributed by atoms with E-state index in [0.717, 1.165) is 15.6 Å². The zero-order chi connectivity index (χ0) is 36.5. The van der Waals surface area contributed by atoms with E-state index in [1.807, 2.05) is 0 Å². The maximum absolute atomic E-state index is 12.1. The van der Waals surface area contributed by atoms with Crippen LogP contribution < -0.4 is 36.3 Å². The second kappa shape index (κ2) is 15.1. The van der Waals surface area contributed by atoms with Crippen LogP contribution in [0.25, 0.3) is 0 Å². The molecule has 49 heavy (non-hydrogen) atoms. The largest absolute Gasteiger partial charge is 0.427 e. The molecule has 7 heteroatoms. The highest BCUT2D eigenvalue weighted by molar-refractivity contribution is 7.20. The van der Waals surface area contributed by atoms with Crippen molar-refractivity contribution in [3.05, 3.63) is 103 Å². The topological polar surface area (TPSA) is 60.7 Å². The predicted molar refractivity (Wildman–Crippen MR) is 223 cm³/mol. The highest BCUT2D eigenvalue weighted by atomic mass is 28.4. The Balaban J connectivity index is 2.08. The third kappa shape index (κ3) is 6.73. The lowest BCUT2D eigenvalue weighted by Gasteiger charge is -2.38. The smallest absolute Gasteiger partial charge is 0.225 e. The summed E-state index contributed by atoms with van der Waals surface area (Å²) in [6, 6.07) is 37.9. The molecule has 0 unspecified atom stereocenters. The Morgan fingerprint density at radius 2 is 0.469 bits per heavy atom. The quantitative estimate of drug-likeness (QED) is 0.118. The van der Waals surface area contributed by atoms with Gasteiger partial charge in [-0.3, -0.25) is 0 Å². The second-order valence-corrected chi connectivity index (χ2v) is 33.7. The van der Waals surface area contributed by atoms with Crippen molar-refractivity contribution >= 4 is 69.3 Å². The van der Waals surface area contributed by atoms with Crippen LogP contribution in [0.3, 0.4) is 0 Å². The molecule has 0 atom stereocenters. The van der Waals surface area contributed by atoms with Gasteiger partial charge in [-0.25, -0.2) is 0 Å². The molecule has 0 radical (unpaired) electrons. The van der Waals surface area contributed by atoms with E-state index in [2.05, 4.69) is 186 Å². The third-order valence-corrected chi connectivity index (χ3v) is 31.0. The van der Waals surface area contributed by atoms with Crippen molar-refractivity contribution in [1.29, 1.82) is 0 Å². The van der Waals surface area contributed by atoms with Crippen molar-refractivity contribution in [2.75, 3.05) is 0 Å². The molecule has 4 aromatic carbocycles. The van der Waals surface area contributed by atoms with Crippen LogP contribution in [0.15, 0.2) is 103 Å². The molecule has 0 aromatic heterocycles. The standard InChI is InChI=1S/C42H62O3Si4/c1-30(2)47(43,31(3)4)40-24-18-37(19-25-40)46(36-16-14-13-15-17-36,38-20-26-41(27-21-38)48(44,32(5)6)33(7)8)39-22-28-42(29-23-39)49(45,34(9)10)35(11)12/h13-35,43-45H,1-12H3.